The normalized spacial score (nSPS) is 29.4. The monoisotopic (exact) mass is 251 g/mol. The molecule has 1 aliphatic heterocycles. The topological polar surface area (TPSA) is 20.3 Å². The zero-order valence-corrected chi connectivity index (χ0v) is 12.2. The van der Waals surface area contributed by atoms with Crippen molar-refractivity contribution in [2.75, 3.05) is 19.6 Å². The molecule has 1 saturated heterocycles. The molecule has 0 spiro atoms. The van der Waals surface area contributed by atoms with Gasteiger partial charge in [0.25, 0.3) is 0 Å². The average molecular weight is 251 g/mol. The van der Waals surface area contributed by atoms with Gasteiger partial charge in [-0.1, -0.05) is 26.7 Å². The Balaban J connectivity index is 1.88. The van der Waals surface area contributed by atoms with E-state index in [0.717, 1.165) is 25.8 Å². The Kier molecular flexibility index (Phi) is 4.83. The van der Waals surface area contributed by atoms with Crippen molar-refractivity contribution in [3.63, 3.8) is 0 Å². The number of carbonyl (C=O) groups excluding carboxylic acids is 1. The Bertz CT molecular complexity index is 283. The highest BCUT2D eigenvalue weighted by molar-refractivity contribution is 5.81. The van der Waals surface area contributed by atoms with Crippen LogP contribution in [0, 0.1) is 11.3 Å². The van der Waals surface area contributed by atoms with Crippen LogP contribution in [0.25, 0.3) is 0 Å². The Labute approximate surface area is 112 Å². The molecule has 2 fully saturated rings. The highest BCUT2D eigenvalue weighted by Crippen LogP contribution is 2.37. The van der Waals surface area contributed by atoms with E-state index < -0.39 is 0 Å². The number of hydrogen-bond donors (Lipinski definition) is 0. The van der Waals surface area contributed by atoms with Gasteiger partial charge in [0.15, 0.2) is 0 Å². The first-order chi connectivity index (χ1) is 8.69. The Hall–Kier alpha value is -0.370. The zero-order valence-electron chi connectivity index (χ0n) is 12.2. The van der Waals surface area contributed by atoms with Crippen molar-refractivity contribution in [1.29, 1.82) is 0 Å². The summed E-state index contributed by atoms with van der Waals surface area (Å²) >= 11 is 0. The molecule has 0 aromatic carbocycles. The van der Waals surface area contributed by atoms with E-state index in [2.05, 4.69) is 18.7 Å². The van der Waals surface area contributed by atoms with Gasteiger partial charge in [-0.2, -0.15) is 0 Å². The van der Waals surface area contributed by atoms with Crippen molar-refractivity contribution < 1.29 is 4.79 Å². The lowest BCUT2D eigenvalue weighted by atomic mass is 9.82. The minimum atomic E-state index is 0.344. The number of carbonyl (C=O) groups is 1. The summed E-state index contributed by atoms with van der Waals surface area (Å²) < 4.78 is 0. The molecule has 0 aromatic heterocycles. The largest absolute Gasteiger partial charge is 0.302 e. The van der Waals surface area contributed by atoms with Gasteiger partial charge in [0, 0.05) is 25.4 Å². The van der Waals surface area contributed by atoms with Crippen LogP contribution in [0.15, 0.2) is 0 Å². The fraction of sp³-hybridized carbons (Fsp3) is 0.938. The lowest BCUT2D eigenvalue weighted by Crippen LogP contribution is -2.33. The molecule has 104 valence electrons. The van der Waals surface area contributed by atoms with Crippen molar-refractivity contribution >= 4 is 5.78 Å². The van der Waals surface area contributed by atoms with E-state index in [1.54, 1.807) is 0 Å². The molecule has 0 bridgehead atoms. The van der Waals surface area contributed by atoms with Crippen molar-refractivity contribution in [3.8, 4) is 0 Å². The molecule has 1 unspecified atom stereocenters. The lowest BCUT2D eigenvalue weighted by molar-refractivity contribution is -0.123. The molecule has 2 aliphatic rings. The van der Waals surface area contributed by atoms with Crippen LogP contribution in [0.5, 0.6) is 0 Å². The maximum absolute atomic E-state index is 12.1. The second-order valence-corrected chi connectivity index (χ2v) is 6.45. The fourth-order valence-electron chi connectivity index (χ4n) is 3.75. The van der Waals surface area contributed by atoms with Crippen molar-refractivity contribution in [2.24, 2.45) is 11.3 Å². The summed E-state index contributed by atoms with van der Waals surface area (Å²) in [5.74, 6) is 0.884. The van der Waals surface area contributed by atoms with Crippen molar-refractivity contribution in [3.05, 3.63) is 0 Å². The first kappa shape index (κ1) is 14.0. The standard InChI is InChI=1S/C16H29NO/c1-3-16(4-2)10-11-17(13-16)12-14-8-6-5-7-9-15(14)18/h14H,3-13H2,1-2H3. The summed E-state index contributed by atoms with van der Waals surface area (Å²) in [6, 6.07) is 0. The van der Waals surface area contributed by atoms with E-state index in [4.69, 9.17) is 0 Å². The van der Waals surface area contributed by atoms with Crippen LogP contribution in [0.3, 0.4) is 0 Å². The molecule has 2 nitrogen and oxygen atoms in total. The maximum atomic E-state index is 12.1. The van der Waals surface area contributed by atoms with Gasteiger partial charge in [-0.3, -0.25) is 4.79 Å². The van der Waals surface area contributed by atoms with Crippen LogP contribution >= 0.6 is 0 Å². The Morgan fingerprint density at radius 3 is 2.67 bits per heavy atom. The Morgan fingerprint density at radius 1 is 1.22 bits per heavy atom. The number of hydrogen-bond acceptors (Lipinski definition) is 2. The third-order valence-electron chi connectivity index (χ3n) is 5.43. The van der Waals surface area contributed by atoms with Crippen LogP contribution in [0.2, 0.25) is 0 Å². The second kappa shape index (κ2) is 6.18. The molecule has 0 aromatic rings. The van der Waals surface area contributed by atoms with Crippen molar-refractivity contribution in [2.45, 2.75) is 65.2 Å². The van der Waals surface area contributed by atoms with E-state index in [1.165, 1.54) is 45.2 Å². The van der Waals surface area contributed by atoms with E-state index >= 15 is 0 Å². The van der Waals surface area contributed by atoms with Gasteiger partial charge in [0.2, 0.25) is 0 Å². The van der Waals surface area contributed by atoms with E-state index in [-0.39, 0.29) is 0 Å². The third-order valence-corrected chi connectivity index (χ3v) is 5.43. The Morgan fingerprint density at radius 2 is 2.00 bits per heavy atom. The quantitative estimate of drug-likeness (QED) is 0.711. The molecule has 1 heterocycles. The van der Waals surface area contributed by atoms with Gasteiger partial charge in [0.05, 0.1) is 0 Å². The third kappa shape index (κ3) is 3.14. The fourth-order valence-corrected chi connectivity index (χ4v) is 3.75. The molecule has 1 atom stereocenters. The summed E-state index contributed by atoms with van der Waals surface area (Å²) in [7, 11) is 0. The van der Waals surface area contributed by atoms with Gasteiger partial charge in [0.1, 0.15) is 5.78 Å². The number of likely N-dealkylation sites (tertiary alicyclic amines) is 1. The lowest BCUT2D eigenvalue weighted by Gasteiger charge is -2.28. The van der Waals surface area contributed by atoms with Gasteiger partial charge in [-0.05, 0) is 44.1 Å². The van der Waals surface area contributed by atoms with Gasteiger partial charge in [-0.25, -0.2) is 0 Å². The molecule has 0 N–H and O–H groups in total. The molecule has 18 heavy (non-hydrogen) atoms. The molecule has 2 heteroatoms. The van der Waals surface area contributed by atoms with Crippen LogP contribution in [0.1, 0.15) is 65.2 Å². The highest BCUT2D eigenvalue weighted by Gasteiger charge is 2.36. The van der Waals surface area contributed by atoms with Crippen LogP contribution in [0.4, 0.5) is 0 Å². The number of Topliss-reactive ketones (excluding diaryl/α,β-unsaturated/α-hetero) is 1. The first-order valence-corrected chi connectivity index (χ1v) is 7.94. The summed E-state index contributed by atoms with van der Waals surface area (Å²) in [5.41, 5.74) is 0.549. The summed E-state index contributed by atoms with van der Waals surface area (Å²) in [5, 5.41) is 0. The predicted octanol–water partition coefficient (Wildman–Crippen LogP) is 3.65. The maximum Gasteiger partial charge on any atom is 0.137 e. The van der Waals surface area contributed by atoms with Gasteiger partial charge >= 0.3 is 0 Å². The summed E-state index contributed by atoms with van der Waals surface area (Å²) in [6.07, 6.45) is 9.54. The first-order valence-electron chi connectivity index (χ1n) is 7.94. The average Bonchev–Trinajstić information content (AvgIpc) is 2.70. The molecule has 0 amide bonds. The second-order valence-electron chi connectivity index (χ2n) is 6.45. The molecule has 2 rings (SSSR count). The van der Waals surface area contributed by atoms with E-state index in [1.807, 2.05) is 0 Å². The van der Waals surface area contributed by atoms with Crippen molar-refractivity contribution in [1.82, 2.24) is 4.90 Å². The molecule has 1 aliphatic carbocycles. The summed E-state index contributed by atoms with van der Waals surface area (Å²) in [4.78, 5) is 14.6. The van der Waals surface area contributed by atoms with Crippen LogP contribution in [-0.4, -0.2) is 30.3 Å². The summed E-state index contributed by atoms with van der Waals surface area (Å²) in [6.45, 7) is 8.13. The number of rotatable bonds is 4. The van der Waals surface area contributed by atoms with Gasteiger partial charge in [-0.15, -0.1) is 0 Å². The molecule has 1 saturated carbocycles. The molecular weight excluding hydrogens is 222 g/mol. The smallest absolute Gasteiger partial charge is 0.137 e. The SMILES string of the molecule is CCC1(CC)CCN(CC2CCCCCC2=O)C1. The zero-order chi connectivity index (χ0) is 13.0. The molecule has 0 radical (unpaired) electrons. The highest BCUT2D eigenvalue weighted by atomic mass is 16.1. The van der Waals surface area contributed by atoms with Crippen LogP contribution < -0.4 is 0 Å². The minimum absolute atomic E-state index is 0.344. The molecular formula is C16H29NO. The number of nitrogens with zero attached hydrogens (tertiary/aromatic N) is 1. The van der Waals surface area contributed by atoms with E-state index in [0.29, 0.717) is 17.1 Å². The van der Waals surface area contributed by atoms with Crippen LogP contribution in [-0.2, 0) is 4.79 Å². The minimum Gasteiger partial charge on any atom is -0.302 e. The number of ketones is 1. The van der Waals surface area contributed by atoms with Gasteiger partial charge < -0.3 is 4.90 Å². The van der Waals surface area contributed by atoms with E-state index in [9.17, 15) is 4.79 Å². The predicted molar refractivity (Wildman–Crippen MR) is 75.7 cm³/mol.